The van der Waals surface area contributed by atoms with Crippen LogP contribution in [0.15, 0.2) is 18.3 Å². The number of carboxylic acid groups (broad SMARTS) is 1. The molecule has 0 aliphatic rings. The number of halogens is 1. The number of rotatable bonds is 1. The Morgan fingerprint density at radius 2 is 2.38 bits per heavy atom. The third-order valence-corrected chi connectivity index (χ3v) is 1.73. The zero-order valence-electron chi connectivity index (χ0n) is 6.31. The lowest BCUT2D eigenvalue weighted by Gasteiger charge is -1.98. The molecule has 0 aliphatic carbocycles. The van der Waals surface area contributed by atoms with E-state index in [-0.39, 0.29) is 11.0 Å². The zero-order valence-corrected chi connectivity index (χ0v) is 7.06. The van der Waals surface area contributed by atoms with E-state index in [1.54, 1.807) is 18.3 Å². The molecule has 0 spiro atoms. The van der Waals surface area contributed by atoms with Crippen LogP contribution < -0.4 is 0 Å². The van der Waals surface area contributed by atoms with Crippen LogP contribution in [0.1, 0.15) is 10.5 Å². The first kappa shape index (κ1) is 8.00. The molecule has 0 aliphatic heterocycles. The van der Waals surface area contributed by atoms with Gasteiger partial charge in [0.25, 0.3) is 0 Å². The summed E-state index contributed by atoms with van der Waals surface area (Å²) in [6.45, 7) is 0. The molecule has 2 heterocycles. The monoisotopic (exact) mass is 197 g/mol. The van der Waals surface area contributed by atoms with Crippen LogP contribution in [0.5, 0.6) is 0 Å². The maximum Gasteiger partial charge on any atom is 0.356 e. The minimum atomic E-state index is -1.12. The first-order valence-corrected chi connectivity index (χ1v) is 3.80. The lowest BCUT2D eigenvalue weighted by molar-refractivity contribution is 0.0692. The molecule has 1 N–H and O–H groups in total. The summed E-state index contributed by atoms with van der Waals surface area (Å²) < 4.78 is 1.37. The highest BCUT2D eigenvalue weighted by molar-refractivity contribution is 6.28. The van der Waals surface area contributed by atoms with Gasteiger partial charge in [-0.1, -0.05) is 0 Å². The van der Waals surface area contributed by atoms with Crippen LogP contribution in [-0.2, 0) is 0 Å². The lowest BCUT2D eigenvalue weighted by Crippen LogP contribution is -2.06. The number of hydrogen-bond acceptors (Lipinski definition) is 3. The van der Waals surface area contributed by atoms with Gasteiger partial charge in [0.2, 0.25) is 5.28 Å². The molecule has 2 aromatic heterocycles. The molecule has 0 amide bonds. The van der Waals surface area contributed by atoms with E-state index >= 15 is 0 Å². The van der Waals surface area contributed by atoms with Crippen molar-refractivity contribution in [3.05, 3.63) is 29.3 Å². The number of hydrogen-bond donors (Lipinski definition) is 1. The molecule has 2 aromatic rings. The van der Waals surface area contributed by atoms with Crippen molar-refractivity contribution in [2.24, 2.45) is 0 Å². The summed E-state index contributed by atoms with van der Waals surface area (Å²) >= 11 is 5.52. The van der Waals surface area contributed by atoms with Crippen LogP contribution in [-0.4, -0.2) is 25.7 Å². The minimum Gasteiger partial charge on any atom is -0.476 e. The Morgan fingerprint density at radius 3 is 3.08 bits per heavy atom. The third kappa shape index (κ3) is 1.23. The summed E-state index contributed by atoms with van der Waals surface area (Å²) in [7, 11) is 0. The van der Waals surface area contributed by atoms with E-state index in [4.69, 9.17) is 16.7 Å². The van der Waals surface area contributed by atoms with Gasteiger partial charge < -0.3 is 5.11 Å². The maximum atomic E-state index is 10.7. The van der Waals surface area contributed by atoms with E-state index in [0.717, 1.165) is 0 Å². The summed E-state index contributed by atoms with van der Waals surface area (Å²) in [5.74, 6) is -1.12. The number of fused-ring (bicyclic) bond motifs is 1. The van der Waals surface area contributed by atoms with Gasteiger partial charge in [0.15, 0.2) is 5.69 Å². The highest BCUT2D eigenvalue weighted by atomic mass is 35.5. The molecule has 2 rings (SSSR count). The van der Waals surface area contributed by atoms with Crippen molar-refractivity contribution in [1.29, 1.82) is 0 Å². The Kier molecular flexibility index (Phi) is 1.66. The van der Waals surface area contributed by atoms with Crippen molar-refractivity contribution in [2.45, 2.75) is 0 Å². The molecule has 0 fully saturated rings. The fourth-order valence-electron chi connectivity index (χ4n) is 1.07. The average Bonchev–Trinajstić information content (AvgIpc) is 2.49. The van der Waals surface area contributed by atoms with Gasteiger partial charge in [-0.05, 0) is 23.7 Å². The fourth-order valence-corrected chi connectivity index (χ4v) is 1.23. The second-order valence-corrected chi connectivity index (χ2v) is 2.71. The van der Waals surface area contributed by atoms with Crippen molar-refractivity contribution < 1.29 is 9.90 Å². The van der Waals surface area contributed by atoms with Crippen molar-refractivity contribution in [1.82, 2.24) is 14.6 Å². The normalized spacial score (nSPS) is 10.5. The summed E-state index contributed by atoms with van der Waals surface area (Å²) in [6.07, 6.45) is 1.61. The van der Waals surface area contributed by atoms with Crippen LogP contribution in [0, 0.1) is 0 Å². The van der Waals surface area contributed by atoms with Crippen LogP contribution in [0.3, 0.4) is 0 Å². The van der Waals surface area contributed by atoms with Gasteiger partial charge >= 0.3 is 5.97 Å². The molecule has 0 bridgehead atoms. The van der Waals surface area contributed by atoms with Gasteiger partial charge in [-0.2, -0.15) is 0 Å². The first-order valence-electron chi connectivity index (χ1n) is 3.42. The minimum absolute atomic E-state index is 0.0823. The Hall–Kier alpha value is -1.62. The SMILES string of the molecule is O=C(O)c1nc(Cl)nn2cccc12. The summed E-state index contributed by atoms with van der Waals surface area (Å²) in [6, 6.07) is 3.28. The smallest absolute Gasteiger partial charge is 0.356 e. The molecule has 6 heteroatoms. The molecule has 13 heavy (non-hydrogen) atoms. The zero-order chi connectivity index (χ0) is 9.42. The molecule has 5 nitrogen and oxygen atoms in total. The second-order valence-electron chi connectivity index (χ2n) is 2.37. The van der Waals surface area contributed by atoms with Gasteiger partial charge in [-0.3, -0.25) is 0 Å². The highest BCUT2D eigenvalue weighted by Crippen LogP contribution is 2.10. The van der Waals surface area contributed by atoms with Crippen LogP contribution in [0.25, 0.3) is 5.52 Å². The van der Waals surface area contributed by atoms with Crippen LogP contribution in [0.2, 0.25) is 5.28 Å². The van der Waals surface area contributed by atoms with Gasteiger partial charge in [-0.15, -0.1) is 5.10 Å². The molecule has 0 radical (unpaired) electrons. The van der Waals surface area contributed by atoms with Crippen LogP contribution >= 0.6 is 11.6 Å². The lowest BCUT2D eigenvalue weighted by atomic mass is 10.4. The predicted octanol–water partition coefficient (Wildman–Crippen LogP) is 1.08. The van der Waals surface area contributed by atoms with Gasteiger partial charge in [0.05, 0.1) is 5.52 Å². The summed E-state index contributed by atoms with van der Waals surface area (Å²) in [5.41, 5.74) is 0.335. The second kappa shape index (κ2) is 2.70. The van der Waals surface area contributed by atoms with E-state index in [9.17, 15) is 4.79 Å². The molecule has 66 valence electrons. The molecule has 0 saturated heterocycles. The summed E-state index contributed by atoms with van der Waals surface area (Å²) in [5, 5.41) is 12.5. The van der Waals surface area contributed by atoms with Crippen LogP contribution in [0.4, 0.5) is 0 Å². The van der Waals surface area contributed by atoms with Crippen molar-refractivity contribution >= 4 is 23.1 Å². The average molecular weight is 198 g/mol. The van der Waals surface area contributed by atoms with E-state index in [0.29, 0.717) is 5.52 Å². The maximum absolute atomic E-state index is 10.7. The van der Waals surface area contributed by atoms with Crippen molar-refractivity contribution in [2.75, 3.05) is 0 Å². The fraction of sp³-hybridized carbons (Fsp3) is 0. The number of aromatic carboxylic acids is 1. The Balaban J connectivity index is 2.84. The Bertz CT molecular complexity index is 480. The molecule has 0 saturated carbocycles. The van der Waals surface area contributed by atoms with Gasteiger partial charge in [0.1, 0.15) is 0 Å². The molecule has 0 aromatic carbocycles. The number of carbonyl (C=O) groups is 1. The van der Waals surface area contributed by atoms with Crippen molar-refractivity contribution in [3.8, 4) is 0 Å². The highest BCUT2D eigenvalue weighted by Gasteiger charge is 2.12. The third-order valence-electron chi connectivity index (χ3n) is 1.57. The first-order chi connectivity index (χ1) is 6.18. The van der Waals surface area contributed by atoms with Crippen molar-refractivity contribution in [3.63, 3.8) is 0 Å². The quantitative estimate of drug-likeness (QED) is 0.743. The summed E-state index contributed by atoms with van der Waals surface area (Å²) in [4.78, 5) is 14.3. The molecular formula is C7H4ClN3O2. The van der Waals surface area contributed by atoms with E-state index in [1.165, 1.54) is 4.52 Å². The number of nitrogens with zero attached hydrogens (tertiary/aromatic N) is 3. The number of carboxylic acids is 1. The predicted molar refractivity (Wildman–Crippen MR) is 45.0 cm³/mol. The number of aromatic nitrogens is 3. The van der Waals surface area contributed by atoms with E-state index in [2.05, 4.69) is 10.1 Å². The Labute approximate surface area is 77.6 Å². The Morgan fingerprint density at radius 1 is 1.62 bits per heavy atom. The van der Waals surface area contributed by atoms with Gasteiger partial charge in [-0.25, -0.2) is 14.3 Å². The van der Waals surface area contributed by atoms with E-state index in [1.807, 2.05) is 0 Å². The standard InChI is InChI=1S/C7H4ClN3O2/c8-7-9-5(6(12)13)4-2-1-3-11(4)10-7/h1-3H,(H,12,13). The topological polar surface area (TPSA) is 67.5 Å². The van der Waals surface area contributed by atoms with E-state index < -0.39 is 5.97 Å². The molecular weight excluding hydrogens is 194 g/mol. The largest absolute Gasteiger partial charge is 0.476 e. The molecule has 0 unspecified atom stereocenters. The van der Waals surface area contributed by atoms with Gasteiger partial charge in [0, 0.05) is 6.20 Å². The molecule has 0 atom stereocenters.